The zero-order chi connectivity index (χ0) is 23.0. The maximum absolute atomic E-state index is 12.3. The Morgan fingerprint density at radius 2 is 1.48 bits per heavy atom. The van der Waals surface area contributed by atoms with Gasteiger partial charge in [-0.25, -0.2) is 13.8 Å². The Kier molecular flexibility index (Phi) is 8.08. The lowest BCUT2D eigenvalue weighted by Crippen LogP contribution is -2.39. The van der Waals surface area contributed by atoms with Crippen molar-refractivity contribution in [3.05, 3.63) is 42.0 Å². The standard InChI is InChI=1S/C20H25N3O7S/c1-27-16-8-6-14(10-18(16)29-3)12-21-22-20(24)13-23(31(5,25)26)15-7-9-17(28-2)19(11-15)30-4/h6-12H,13H2,1-5H3,(H,22,24)/b21-12-. The molecule has 0 aromatic heterocycles. The predicted molar refractivity (Wildman–Crippen MR) is 117 cm³/mol. The highest BCUT2D eigenvalue weighted by Crippen LogP contribution is 2.32. The molecule has 0 atom stereocenters. The summed E-state index contributed by atoms with van der Waals surface area (Å²) in [5.41, 5.74) is 3.22. The summed E-state index contributed by atoms with van der Waals surface area (Å²) in [7, 11) is 2.18. The van der Waals surface area contributed by atoms with Gasteiger partial charge in [0, 0.05) is 6.07 Å². The lowest BCUT2D eigenvalue weighted by molar-refractivity contribution is -0.119. The number of sulfonamides is 1. The van der Waals surface area contributed by atoms with Crippen LogP contribution in [-0.2, 0) is 14.8 Å². The second kappa shape index (κ2) is 10.5. The summed E-state index contributed by atoms with van der Waals surface area (Å²) in [6.07, 6.45) is 2.41. The van der Waals surface area contributed by atoms with Crippen LogP contribution >= 0.6 is 0 Å². The Balaban J connectivity index is 2.14. The number of carbonyl (C=O) groups is 1. The normalized spacial score (nSPS) is 11.1. The average molecular weight is 452 g/mol. The lowest BCUT2D eigenvalue weighted by atomic mass is 10.2. The molecule has 2 aromatic rings. The van der Waals surface area contributed by atoms with E-state index in [0.717, 1.165) is 10.6 Å². The van der Waals surface area contributed by atoms with Gasteiger partial charge in [-0.2, -0.15) is 5.10 Å². The minimum absolute atomic E-state index is 0.249. The van der Waals surface area contributed by atoms with Gasteiger partial charge in [-0.15, -0.1) is 0 Å². The van der Waals surface area contributed by atoms with Gasteiger partial charge in [-0.05, 0) is 35.9 Å². The monoisotopic (exact) mass is 451 g/mol. The Morgan fingerprint density at radius 1 is 0.935 bits per heavy atom. The molecule has 0 saturated heterocycles. The van der Waals surface area contributed by atoms with E-state index < -0.39 is 22.5 Å². The number of benzene rings is 2. The van der Waals surface area contributed by atoms with Gasteiger partial charge in [0.1, 0.15) is 6.54 Å². The molecule has 2 rings (SSSR count). The summed E-state index contributed by atoms with van der Waals surface area (Å²) < 4.78 is 46.2. The van der Waals surface area contributed by atoms with E-state index in [9.17, 15) is 13.2 Å². The molecule has 0 fully saturated rings. The van der Waals surface area contributed by atoms with Gasteiger partial charge in [0.15, 0.2) is 23.0 Å². The largest absolute Gasteiger partial charge is 0.493 e. The smallest absolute Gasteiger partial charge is 0.260 e. The zero-order valence-corrected chi connectivity index (χ0v) is 18.7. The van der Waals surface area contributed by atoms with Crippen molar-refractivity contribution in [1.29, 1.82) is 0 Å². The Bertz CT molecular complexity index is 1050. The van der Waals surface area contributed by atoms with Crippen molar-refractivity contribution in [2.45, 2.75) is 0 Å². The molecule has 0 heterocycles. The summed E-state index contributed by atoms with van der Waals surface area (Å²) in [6, 6.07) is 9.65. The van der Waals surface area contributed by atoms with Crippen LogP contribution < -0.4 is 28.7 Å². The summed E-state index contributed by atoms with van der Waals surface area (Å²) >= 11 is 0. The Morgan fingerprint density at radius 3 is 2.03 bits per heavy atom. The molecule has 1 N–H and O–H groups in total. The van der Waals surface area contributed by atoms with Crippen LogP contribution in [0.25, 0.3) is 0 Å². The number of amides is 1. The van der Waals surface area contributed by atoms with Crippen LogP contribution in [-0.4, -0.2) is 61.8 Å². The molecule has 0 radical (unpaired) electrons. The Labute approximate surface area is 181 Å². The second-order valence-corrected chi connectivity index (χ2v) is 8.12. The van der Waals surface area contributed by atoms with Crippen LogP contribution in [0.3, 0.4) is 0 Å². The number of carbonyl (C=O) groups excluding carboxylic acids is 1. The van der Waals surface area contributed by atoms with E-state index in [0.29, 0.717) is 28.6 Å². The molecule has 0 saturated carbocycles. The van der Waals surface area contributed by atoms with Crippen molar-refractivity contribution >= 4 is 27.8 Å². The average Bonchev–Trinajstić information content (AvgIpc) is 2.76. The molecule has 0 unspecified atom stereocenters. The first-order valence-electron chi connectivity index (χ1n) is 8.97. The first-order valence-corrected chi connectivity index (χ1v) is 10.8. The first kappa shape index (κ1) is 23.8. The molecule has 0 bridgehead atoms. The fourth-order valence-electron chi connectivity index (χ4n) is 2.66. The van der Waals surface area contributed by atoms with E-state index in [1.807, 2.05) is 0 Å². The van der Waals surface area contributed by atoms with Crippen molar-refractivity contribution in [3.63, 3.8) is 0 Å². The third-order valence-corrected chi connectivity index (χ3v) is 5.29. The maximum atomic E-state index is 12.3. The first-order chi connectivity index (χ1) is 14.7. The number of ether oxygens (including phenoxy) is 4. The maximum Gasteiger partial charge on any atom is 0.260 e. The third-order valence-electron chi connectivity index (χ3n) is 4.15. The topological polar surface area (TPSA) is 116 Å². The Hall–Kier alpha value is -3.47. The fourth-order valence-corrected chi connectivity index (χ4v) is 3.51. The van der Waals surface area contributed by atoms with Crippen molar-refractivity contribution in [2.24, 2.45) is 5.10 Å². The van der Waals surface area contributed by atoms with Crippen molar-refractivity contribution in [1.82, 2.24) is 5.43 Å². The lowest BCUT2D eigenvalue weighted by Gasteiger charge is -2.22. The van der Waals surface area contributed by atoms with Gasteiger partial charge in [-0.3, -0.25) is 9.10 Å². The van der Waals surface area contributed by atoms with Crippen LogP contribution in [0.5, 0.6) is 23.0 Å². The van der Waals surface area contributed by atoms with Gasteiger partial charge in [-0.1, -0.05) is 0 Å². The predicted octanol–water partition coefficient (Wildman–Crippen LogP) is 1.64. The highest BCUT2D eigenvalue weighted by molar-refractivity contribution is 7.92. The number of hydrogen-bond acceptors (Lipinski definition) is 8. The SMILES string of the molecule is COc1ccc(/C=N\NC(=O)CN(c2ccc(OC)c(OC)c2)S(C)(=O)=O)cc1OC. The van der Waals surface area contributed by atoms with E-state index >= 15 is 0 Å². The summed E-state index contributed by atoms with van der Waals surface area (Å²) in [5.74, 6) is 1.21. The second-order valence-electron chi connectivity index (χ2n) is 6.22. The molecule has 10 nitrogen and oxygen atoms in total. The molecule has 0 spiro atoms. The zero-order valence-electron chi connectivity index (χ0n) is 17.9. The summed E-state index contributed by atoms with van der Waals surface area (Å²) in [6.45, 7) is -0.475. The van der Waals surface area contributed by atoms with Crippen LogP contribution in [0.4, 0.5) is 5.69 Å². The molecule has 31 heavy (non-hydrogen) atoms. The molecular formula is C20H25N3O7S. The van der Waals surface area contributed by atoms with E-state index in [-0.39, 0.29) is 5.69 Å². The number of nitrogens with zero attached hydrogens (tertiary/aromatic N) is 2. The van der Waals surface area contributed by atoms with Crippen molar-refractivity contribution in [3.8, 4) is 23.0 Å². The number of hydrazone groups is 1. The van der Waals surface area contributed by atoms with Gasteiger partial charge in [0.05, 0.1) is 46.6 Å². The van der Waals surface area contributed by atoms with E-state index in [1.165, 1.54) is 46.8 Å². The van der Waals surface area contributed by atoms with Gasteiger partial charge in [0.2, 0.25) is 10.0 Å². The molecule has 1 amide bonds. The molecular weight excluding hydrogens is 426 g/mol. The van der Waals surface area contributed by atoms with Crippen LogP contribution in [0, 0.1) is 0 Å². The van der Waals surface area contributed by atoms with Crippen molar-refractivity contribution < 1.29 is 32.2 Å². The highest BCUT2D eigenvalue weighted by atomic mass is 32.2. The number of anilines is 1. The minimum atomic E-state index is -3.76. The van der Waals surface area contributed by atoms with Crippen molar-refractivity contribution in [2.75, 3.05) is 45.5 Å². The van der Waals surface area contributed by atoms with Gasteiger partial charge >= 0.3 is 0 Å². The van der Waals surface area contributed by atoms with E-state index in [4.69, 9.17) is 18.9 Å². The van der Waals surface area contributed by atoms with Crippen LogP contribution in [0.2, 0.25) is 0 Å². The number of methoxy groups -OCH3 is 4. The van der Waals surface area contributed by atoms with Gasteiger partial charge < -0.3 is 18.9 Å². The third kappa shape index (κ3) is 6.25. The molecule has 0 aliphatic carbocycles. The molecule has 0 aliphatic rings. The number of hydrogen-bond donors (Lipinski definition) is 1. The van der Waals surface area contributed by atoms with E-state index in [2.05, 4.69) is 10.5 Å². The molecule has 2 aromatic carbocycles. The fraction of sp³-hybridized carbons (Fsp3) is 0.300. The summed E-state index contributed by atoms with van der Waals surface area (Å²) in [4.78, 5) is 12.3. The minimum Gasteiger partial charge on any atom is -0.493 e. The quantitative estimate of drug-likeness (QED) is 0.431. The molecule has 168 valence electrons. The number of nitrogens with one attached hydrogen (secondary N) is 1. The highest BCUT2D eigenvalue weighted by Gasteiger charge is 2.22. The number of rotatable bonds is 10. The van der Waals surface area contributed by atoms with Gasteiger partial charge in [0.25, 0.3) is 5.91 Å². The van der Waals surface area contributed by atoms with Crippen LogP contribution in [0.1, 0.15) is 5.56 Å². The molecule has 0 aliphatic heterocycles. The van der Waals surface area contributed by atoms with Crippen LogP contribution in [0.15, 0.2) is 41.5 Å². The molecule has 11 heteroatoms. The summed E-state index contributed by atoms with van der Waals surface area (Å²) in [5, 5.41) is 3.88. The van der Waals surface area contributed by atoms with E-state index in [1.54, 1.807) is 24.3 Å².